The van der Waals surface area contributed by atoms with Gasteiger partial charge in [0, 0.05) is 0 Å². The van der Waals surface area contributed by atoms with Crippen molar-refractivity contribution >= 4 is 23.3 Å². The number of ether oxygens (including phenoxy) is 1. The third kappa shape index (κ3) is 3.93. The molecular weight excluding hydrogens is 324 g/mol. The minimum Gasteiger partial charge on any atom is -0.473 e. The molecule has 7 nitrogen and oxygen atoms in total. The molecule has 1 fully saturated rings. The number of nitrogens with zero attached hydrogens (tertiary/aromatic N) is 4. The summed E-state index contributed by atoms with van der Waals surface area (Å²) in [7, 11) is 0. The zero-order chi connectivity index (χ0) is 16.8. The highest BCUT2D eigenvalue weighted by Gasteiger charge is 2.19. The Morgan fingerprint density at radius 2 is 2.12 bits per heavy atom. The molecule has 0 aliphatic carbocycles. The number of nitriles is 1. The second-order valence-electron chi connectivity index (χ2n) is 5.30. The molecule has 8 heteroatoms. The van der Waals surface area contributed by atoms with Crippen molar-refractivity contribution in [1.29, 1.82) is 5.26 Å². The highest BCUT2D eigenvalue weighted by atomic mass is 32.2. The highest BCUT2D eigenvalue weighted by molar-refractivity contribution is 7.98. The van der Waals surface area contributed by atoms with Gasteiger partial charge in [-0.3, -0.25) is 0 Å². The van der Waals surface area contributed by atoms with Crippen LogP contribution in [-0.4, -0.2) is 40.4 Å². The van der Waals surface area contributed by atoms with Crippen LogP contribution < -0.4 is 15.4 Å². The van der Waals surface area contributed by atoms with Gasteiger partial charge in [0.1, 0.15) is 18.5 Å². The normalized spacial score (nSPS) is 14.8. The minimum absolute atomic E-state index is 0.0728. The molecule has 0 unspecified atom stereocenters. The SMILES string of the molecule is CSc1ccc(Nc2ncnc(OC3CCNCC3)c2C#N)cn1. The van der Waals surface area contributed by atoms with Crippen molar-refractivity contribution in [2.75, 3.05) is 24.7 Å². The number of hydrogen-bond acceptors (Lipinski definition) is 8. The van der Waals surface area contributed by atoms with Crippen LogP contribution in [0.4, 0.5) is 11.5 Å². The van der Waals surface area contributed by atoms with Crippen molar-refractivity contribution in [1.82, 2.24) is 20.3 Å². The van der Waals surface area contributed by atoms with Crippen molar-refractivity contribution < 1.29 is 4.74 Å². The van der Waals surface area contributed by atoms with Gasteiger partial charge in [0.15, 0.2) is 11.4 Å². The van der Waals surface area contributed by atoms with Crippen LogP contribution in [0.2, 0.25) is 0 Å². The molecule has 1 saturated heterocycles. The predicted octanol–water partition coefficient (Wildman–Crippen LogP) is 2.34. The van der Waals surface area contributed by atoms with Gasteiger partial charge in [-0.2, -0.15) is 5.26 Å². The molecular formula is C16H18N6OS. The Bertz CT molecular complexity index is 724. The smallest absolute Gasteiger partial charge is 0.237 e. The van der Waals surface area contributed by atoms with E-state index in [1.807, 2.05) is 18.4 Å². The molecule has 0 radical (unpaired) electrons. The number of hydrogen-bond donors (Lipinski definition) is 2. The lowest BCUT2D eigenvalue weighted by Crippen LogP contribution is -2.34. The van der Waals surface area contributed by atoms with E-state index in [-0.39, 0.29) is 6.10 Å². The molecule has 0 bridgehead atoms. The first-order chi connectivity index (χ1) is 11.8. The molecule has 2 aromatic rings. The summed E-state index contributed by atoms with van der Waals surface area (Å²) in [6.45, 7) is 1.83. The minimum atomic E-state index is 0.0728. The predicted molar refractivity (Wildman–Crippen MR) is 92.6 cm³/mol. The lowest BCUT2D eigenvalue weighted by molar-refractivity contribution is 0.155. The van der Waals surface area contributed by atoms with E-state index < -0.39 is 0 Å². The fourth-order valence-corrected chi connectivity index (χ4v) is 2.80. The van der Waals surface area contributed by atoms with Crippen LogP contribution in [0.3, 0.4) is 0 Å². The summed E-state index contributed by atoms with van der Waals surface area (Å²) >= 11 is 1.57. The van der Waals surface area contributed by atoms with Gasteiger partial charge in [-0.1, -0.05) is 0 Å². The first-order valence-corrected chi connectivity index (χ1v) is 8.92. The van der Waals surface area contributed by atoms with Gasteiger partial charge in [-0.25, -0.2) is 15.0 Å². The second-order valence-corrected chi connectivity index (χ2v) is 6.12. The average molecular weight is 342 g/mol. The Hall–Kier alpha value is -2.37. The molecule has 0 spiro atoms. The van der Waals surface area contributed by atoms with Gasteiger partial charge < -0.3 is 15.4 Å². The molecule has 0 saturated carbocycles. The van der Waals surface area contributed by atoms with Crippen molar-refractivity contribution in [3.63, 3.8) is 0 Å². The third-order valence-corrected chi connectivity index (χ3v) is 4.36. The van der Waals surface area contributed by atoms with E-state index in [1.165, 1.54) is 6.33 Å². The molecule has 1 aliphatic heterocycles. The monoisotopic (exact) mass is 342 g/mol. The number of anilines is 2. The van der Waals surface area contributed by atoms with Gasteiger partial charge in [-0.05, 0) is 44.3 Å². The molecule has 0 atom stereocenters. The molecule has 3 rings (SSSR count). The first-order valence-electron chi connectivity index (χ1n) is 7.69. The van der Waals surface area contributed by atoms with E-state index in [9.17, 15) is 5.26 Å². The number of nitrogens with one attached hydrogen (secondary N) is 2. The maximum absolute atomic E-state index is 9.51. The topological polar surface area (TPSA) is 95.8 Å². The largest absolute Gasteiger partial charge is 0.473 e. The van der Waals surface area contributed by atoms with E-state index in [4.69, 9.17) is 4.74 Å². The van der Waals surface area contributed by atoms with Crippen LogP contribution in [0.25, 0.3) is 0 Å². The second kappa shape index (κ2) is 7.95. The molecule has 2 aromatic heterocycles. The zero-order valence-corrected chi connectivity index (χ0v) is 14.1. The van der Waals surface area contributed by atoms with E-state index >= 15 is 0 Å². The molecule has 1 aliphatic rings. The fraction of sp³-hybridized carbons (Fsp3) is 0.375. The highest BCUT2D eigenvalue weighted by Crippen LogP contribution is 2.26. The zero-order valence-electron chi connectivity index (χ0n) is 13.3. The molecule has 24 heavy (non-hydrogen) atoms. The molecule has 3 heterocycles. The van der Waals surface area contributed by atoms with E-state index in [0.29, 0.717) is 17.3 Å². The summed E-state index contributed by atoms with van der Waals surface area (Å²) in [6, 6.07) is 5.95. The Kier molecular flexibility index (Phi) is 5.46. The summed E-state index contributed by atoms with van der Waals surface area (Å²) in [5.41, 5.74) is 1.07. The fourth-order valence-electron chi connectivity index (χ4n) is 2.44. The summed E-state index contributed by atoms with van der Waals surface area (Å²) in [6.07, 6.45) is 6.96. The van der Waals surface area contributed by atoms with Gasteiger partial charge in [-0.15, -0.1) is 11.8 Å². The van der Waals surface area contributed by atoms with E-state index in [2.05, 4.69) is 31.7 Å². The molecule has 2 N–H and O–H groups in total. The van der Waals surface area contributed by atoms with Crippen molar-refractivity contribution in [2.24, 2.45) is 0 Å². The van der Waals surface area contributed by atoms with Gasteiger partial charge in [0.05, 0.1) is 16.9 Å². The van der Waals surface area contributed by atoms with Crippen molar-refractivity contribution in [3.05, 3.63) is 30.2 Å². The summed E-state index contributed by atoms with van der Waals surface area (Å²) in [4.78, 5) is 12.6. The first kappa shape index (κ1) is 16.5. The van der Waals surface area contributed by atoms with Crippen LogP contribution in [0.1, 0.15) is 18.4 Å². The number of rotatable bonds is 5. The van der Waals surface area contributed by atoms with Crippen molar-refractivity contribution in [3.8, 4) is 11.9 Å². The Labute approximate surface area is 144 Å². The maximum Gasteiger partial charge on any atom is 0.237 e. The van der Waals surface area contributed by atoms with Crippen LogP contribution in [-0.2, 0) is 0 Å². The quantitative estimate of drug-likeness (QED) is 0.799. The third-order valence-electron chi connectivity index (χ3n) is 3.70. The van der Waals surface area contributed by atoms with Crippen LogP contribution in [0.5, 0.6) is 5.88 Å². The molecule has 0 amide bonds. The lowest BCUT2D eigenvalue weighted by atomic mass is 10.1. The number of thioether (sulfide) groups is 1. The van der Waals surface area contributed by atoms with E-state index in [0.717, 1.165) is 36.6 Å². The number of pyridine rings is 1. The average Bonchev–Trinajstić information content (AvgIpc) is 2.63. The maximum atomic E-state index is 9.51. The Morgan fingerprint density at radius 3 is 2.79 bits per heavy atom. The van der Waals surface area contributed by atoms with Gasteiger partial charge in [0.2, 0.25) is 5.88 Å². The molecule has 124 valence electrons. The lowest BCUT2D eigenvalue weighted by Gasteiger charge is -2.23. The Morgan fingerprint density at radius 1 is 1.29 bits per heavy atom. The Balaban J connectivity index is 1.79. The summed E-state index contributed by atoms with van der Waals surface area (Å²) in [5.74, 6) is 0.755. The van der Waals surface area contributed by atoms with Gasteiger partial charge >= 0.3 is 0 Å². The van der Waals surface area contributed by atoms with Crippen LogP contribution >= 0.6 is 11.8 Å². The van der Waals surface area contributed by atoms with Crippen LogP contribution in [0, 0.1) is 11.3 Å². The van der Waals surface area contributed by atoms with Crippen LogP contribution in [0.15, 0.2) is 29.7 Å². The van der Waals surface area contributed by atoms with Crippen molar-refractivity contribution in [2.45, 2.75) is 24.0 Å². The number of aromatic nitrogens is 3. The molecule has 0 aromatic carbocycles. The number of piperidine rings is 1. The van der Waals surface area contributed by atoms with Gasteiger partial charge in [0.25, 0.3) is 0 Å². The summed E-state index contributed by atoms with van der Waals surface area (Å²) < 4.78 is 5.92. The standard InChI is InChI=1S/C16H18N6OS/c1-24-14-3-2-11(9-19-14)22-15-13(8-17)16(21-10-20-15)23-12-4-6-18-7-5-12/h2-3,9-10,12,18H,4-7H2,1H3,(H,20,21,22). The summed E-state index contributed by atoms with van der Waals surface area (Å²) in [5, 5.41) is 16.8. The van der Waals surface area contributed by atoms with E-state index in [1.54, 1.807) is 18.0 Å².